The van der Waals surface area contributed by atoms with Crippen molar-refractivity contribution in [2.24, 2.45) is 0 Å². The van der Waals surface area contributed by atoms with Crippen molar-refractivity contribution in [2.75, 3.05) is 0 Å². The minimum absolute atomic E-state index is 0. The first kappa shape index (κ1) is 12.9. The van der Waals surface area contributed by atoms with Gasteiger partial charge in [0.15, 0.2) is 0 Å². The van der Waals surface area contributed by atoms with Gasteiger partial charge < -0.3 is 11.6 Å². The van der Waals surface area contributed by atoms with Gasteiger partial charge in [0.05, 0.1) is 4.92 Å². The van der Waals surface area contributed by atoms with Gasteiger partial charge in [-0.3, -0.25) is 10.1 Å². The minimum atomic E-state index is -1.40. The van der Waals surface area contributed by atoms with Crippen LogP contribution in [-0.2, 0) is 0 Å². The normalized spacial score (nSPS) is 8.86. The van der Waals surface area contributed by atoms with E-state index in [9.17, 15) is 14.9 Å². The molecule has 0 bridgehead atoms. The summed E-state index contributed by atoms with van der Waals surface area (Å²) in [6.07, 6.45) is 0. The second kappa shape index (κ2) is 4.94. The standard InChI is InChI=1S/C7H5NO5.Na.H/c9-6-2-1-4(8(12)13)3-5(6)7(10)11;;/h1-3,9H,(H,10,11);;/q;+1;-1. The molecule has 0 heterocycles. The van der Waals surface area contributed by atoms with E-state index < -0.39 is 22.2 Å². The Balaban J connectivity index is 0. The molecule has 0 aliphatic rings. The molecule has 0 aliphatic heterocycles. The molecule has 0 aromatic heterocycles. The van der Waals surface area contributed by atoms with Crippen LogP contribution in [0.3, 0.4) is 0 Å². The third kappa shape index (κ3) is 2.69. The smallest absolute Gasteiger partial charge is 1.00 e. The molecule has 0 spiro atoms. The fraction of sp³-hybridized carbons (Fsp3) is 0. The van der Waals surface area contributed by atoms with E-state index in [2.05, 4.69) is 0 Å². The molecule has 1 aromatic rings. The van der Waals surface area contributed by atoms with Crippen LogP contribution in [0, 0.1) is 10.1 Å². The third-order valence-corrected chi connectivity index (χ3v) is 1.42. The number of hydrogen-bond acceptors (Lipinski definition) is 4. The summed E-state index contributed by atoms with van der Waals surface area (Å²) in [6.45, 7) is 0. The molecule has 0 atom stereocenters. The van der Waals surface area contributed by atoms with Crippen LogP contribution >= 0.6 is 0 Å². The topological polar surface area (TPSA) is 101 Å². The maximum Gasteiger partial charge on any atom is 1.00 e. The molecule has 0 radical (unpaired) electrons. The first-order chi connectivity index (χ1) is 6.02. The number of carbonyl (C=O) groups is 1. The number of aromatic carboxylic acids is 1. The Bertz CT molecular complexity index is 384. The fourth-order valence-electron chi connectivity index (χ4n) is 0.809. The van der Waals surface area contributed by atoms with Gasteiger partial charge in [0, 0.05) is 12.1 Å². The van der Waals surface area contributed by atoms with Gasteiger partial charge in [-0.05, 0) is 6.07 Å². The monoisotopic (exact) mass is 207 g/mol. The van der Waals surface area contributed by atoms with Crippen molar-refractivity contribution in [3.8, 4) is 5.75 Å². The van der Waals surface area contributed by atoms with Gasteiger partial charge in [-0.15, -0.1) is 0 Å². The molecule has 70 valence electrons. The summed E-state index contributed by atoms with van der Waals surface area (Å²) in [5.41, 5.74) is -0.843. The number of nitro benzene ring substituents is 1. The maximum atomic E-state index is 10.4. The number of benzene rings is 1. The number of carboxylic acids is 1. The first-order valence-corrected chi connectivity index (χ1v) is 3.23. The summed E-state index contributed by atoms with van der Waals surface area (Å²) in [6, 6.07) is 2.81. The van der Waals surface area contributed by atoms with Crippen LogP contribution in [0.25, 0.3) is 0 Å². The van der Waals surface area contributed by atoms with E-state index in [-0.39, 0.29) is 36.7 Å². The summed E-state index contributed by atoms with van der Waals surface area (Å²) < 4.78 is 0. The molecule has 14 heavy (non-hydrogen) atoms. The number of carboxylic acid groups (broad SMARTS) is 1. The predicted molar refractivity (Wildman–Crippen MR) is 42.8 cm³/mol. The summed E-state index contributed by atoms with van der Waals surface area (Å²) in [4.78, 5) is 19.9. The molecule has 7 heteroatoms. The average molecular weight is 207 g/mol. The zero-order chi connectivity index (χ0) is 10.0. The van der Waals surface area contributed by atoms with Crippen molar-refractivity contribution in [2.45, 2.75) is 0 Å². The molecule has 2 N–H and O–H groups in total. The van der Waals surface area contributed by atoms with Gasteiger partial charge in [0.2, 0.25) is 0 Å². The molecule has 1 rings (SSSR count). The SMILES string of the molecule is O=C(O)c1cc([N+](=O)[O-])ccc1O.[H-].[Na+]. The zero-order valence-electron chi connectivity index (χ0n) is 8.30. The van der Waals surface area contributed by atoms with Crippen LogP contribution < -0.4 is 29.6 Å². The van der Waals surface area contributed by atoms with Crippen LogP contribution in [0.15, 0.2) is 18.2 Å². The van der Waals surface area contributed by atoms with Gasteiger partial charge in [0.1, 0.15) is 11.3 Å². The van der Waals surface area contributed by atoms with Crippen molar-refractivity contribution in [3.05, 3.63) is 33.9 Å². The van der Waals surface area contributed by atoms with Crippen molar-refractivity contribution in [3.63, 3.8) is 0 Å². The number of phenols is 1. The molecule has 0 aliphatic carbocycles. The summed E-state index contributed by atoms with van der Waals surface area (Å²) >= 11 is 0. The van der Waals surface area contributed by atoms with Crippen molar-refractivity contribution in [1.29, 1.82) is 0 Å². The largest absolute Gasteiger partial charge is 1.00 e. The van der Waals surface area contributed by atoms with E-state index in [1.54, 1.807) is 0 Å². The Hall–Kier alpha value is -1.11. The Morgan fingerprint density at radius 1 is 1.50 bits per heavy atom. The van der Waals surface area contributed by atoms with Gasteiger partial charge in [-0.2, -0.15) is 0 Å². The molecule has 1 aromatic carbocycles. The fourth-order valence-corrected chi connectivity index (χ4v) is 0.809. The van der Waals surface area contributed by atoms with Crippen LogP contribution in [0.4, 0.5) is 5.69 Å². The summed E-state index contributed by atoms with van der Waals surface area (Å²) in [5, 5.41) is 27.7. The minimum Gasteiger partial charge on any atom is -1.00 e. The van der Waals surface area contributed by atoms with Gasteiger partial charge in [-0.1, -0.05) is 0 Å². The van der Waals surface area contributed by atoms with E-state index in [4.69, 9.17) is 10.2 Å². The molecule has 0 saturated carbocycles. The third-order valence-electron chi connectivity index (χ3n) is 1.42. The van der Waals surface area contributed by atoms with Crippen molar-refractivity contribution < 1.29 is 50.9 Å². The van der Waals surface area contributed by atoms with Gasteiger partial charge in [-0.25, -0.2) is 4.79 Å². The Labute approximate surface area is 102 Å². The molecule has 0 amide bonds. The van der Waals surface area contributed by atoms with E-state index in [0.29, 0.717) is 0 Å². The van der Waals surface area contributed by atoms with Crippen LogP contribution in [0.2, 0.25) is 0 Å². The van der Waals surface area contributed by atoms with Crippen LogP contribution in [0.1, 0.15) is 11.8 Å². The Kier molecular flexibility index (Phi) is 4.55. The van der Waals surface area contributed by atoms with Crippen molar-refractivity contribution >= 4 is 11.7 Å². The van der Waals surface area contributed by atoms with E-state index in [0.717, 1.165) is 18.2 Å². The average Bonchev–Trinajstić information content (AvgIpc) is 2.04. The molecule has 6 nitrogen and oxygen atoms in total. The first-order valence-electron chi connectivity index (χ1n) is 3.23. The van der Waals surface area contributed by atoms with Crippen LogP contribution in [-0.4, -0.2) is 21.1 Å². The van der Waals surface area contributed by atoms with Crippen molar-refractivity contribution in [1.82, 2.24) is 0 Å². The number of non-ortho nitro benzene ring substituents is 1. The molecule has 0 unspecified atom stereocenters. The summed E-state index contributed by atoms with van der Waals surface area (Å²) in [7, 11) is 0. The van der Waals surface area contributed by atoms with E-state index in [1.807, 2.05) is 0 Å². The second-order valence-electron chi connectivity index (χ2n) is 2.26. The quantitative estimate of drug-likeness (QED) is 0.335. The van der Waals surface area contributed by atoms with E-state index in [1.165, 1.54) is 0 Å². The summed E-state index contributed by atoms with van der Waals surface area (Å²) in [5.74, 6) is -1.89. The van der Waals surface area contributed by atoms with Gasteiger partial charge in [0.25, 0.3) is 5.69 Å². The Morgan fingerprint density at radius 3 is 2.50 bits per heavy atom. The molecule has 0 saturated heterocycles. The maximum absolute atomic E-state index is 10.4. The zero-order valence-corrected chi connectivity index (χ0v) is 9.30. The molecular formula is C7H6NNaO5. The van der Waals surface area contributed by atoms with Gasteiger partial charge >= 0.3 is 35.5 Å². The number of nitrogens with zero attached hydrogens (tertiary/aromatic N) is 1. The van der Waals surface area contributed by atoms with Crippen LogP contribution in [0.5, 0.6) is 5.75 Å². The number of hydrogen-bond donors (Lipinski definition) is 2. The predicted octanol–water partition coefficient (Wildman–Crippen LogP) is -1.88. The number of nitro groups is 1. The second-order valence-corrected chi connectivity index (χ2v) is 2.26. The number of aromatic hydroxyl groups is 1. The Morgan fingerprint density at radius 2 is 2.07 bits per heavy atom. The number of rotatable bonds is 2. The molecule has 0 fully saturated rings. The molecular weight excluding hydrogens is 201 g/mol. The van der Waals surface area contributed by atoms with E-state index >= 15 is 0 Å².